The van der Waals surface area contributed by atoms with Crippen molar-refractivity contribution in [2.75, 3.05) is 21.1 Å². The van der Waals surface area contributed by atoms with Crippen LogP contribution in [0.1, 0.15) is 78.1 Å². The Morgan fingerprint density at radius 2 is 1.40 bits per heavy atom. The molecule has 0 aromatic rings. The van der Waals surface area contributed by atoms with Crippen molar-refractivity contribution in [1.29, 1.82) is 0 Å². The number of unbranched alkanes of at least 4 members (excludes halogenated alkanes) is 7. The van der Waals surface area contributed by atoms with E-state index in [0.717, 1.165) is 19.3 Å². The molecule has 0 aliphatic rings. The molecule has 0 saturated carbocycles. The lowest BCUT2D eigenvalue weighted by Gasteiger charge is -2.32. The summed E-state index contributed by atoms with van der Waals surface area (Å²) in [5, 5.41) is 0. The zero-order valence-corrected chi connectivity index (χ0v) is 14.4. The van der Waals surface area contributed by atoms with Crippen molar-refractivity contribution in [3.05, 3.63) is 0 Å². The predicted molar refractivity (Wildman–Crippen MR) is 85.4 cm³/mol. The van der Waals surface area contributed by atoms with Gasteiger partial charge in [-0.2, -0.15) is 0 Å². The van der Waals surface area contributed by atoms with Gasteiger partial charge in [-0.25, -0.2) is 0 Å². The summed E-state index contributed by atoms with van der Waals surface area (Å²) in [4.78, 5) is 11.8. The summed E-state index contributed by atoms with van der Waals surface area (Å²) in [7, 11) is 6.20. The van der Waals surface area contributed by atoms with Crippen LogP contribution in [0.3, 0.4) is 0 Å². The highest BCUT2D eigenvalue weighted by atomic mass is 16.6. The molecule has 0 heterocycles. The Morgan fingerprint density at radius 1 is 0.900 bits per heavy atom. The molecule has 0 aromatic heterocycles. The fraction of sp³-hybridized carbons (Fsp3) is 0.941. The Bertz CT molecular complexity index is 246. The lowest BCUT2D eigenvalue weighted by Crippen LogP contribution is -2.47. The molecule has 0 spiro atoms. The molecule has 1 unspecified atom stereocenters. The number of rotatable bonds is 12. The summed E-state index contributed by atoms with van der Waals surface area (Å²) in [6.45, 7) is 4.31. The van der Waals surface area contributed by atoms with Crippen LogP contribution in [0.25, 0.3) is 0 Å². The standard InChI is InChI=1S/C17H36NO2/c1-6-8-9-10-11-12-13-14-15-17(19)20-16(7-2)18(3,4)5/h16H,6-15H2,1-5H3/q+1. The van der Waals surface area contributed by atoms with Crippen molar-refractivity contribution >= 4 is 5.97 Å². The van der Waals surface area contributed by atoms with E-state index in [2.05, 4.69) is 35.0 Å². The molecule has 0 rings (SSSR count). The molecule has 1 atom stereocenters. The zero-order chi connectivity index (χ0) is 15.4. The second-order valence-electron chi connectivity index (χ2n) is 6.69. The predicted octanol–water partition coefficient (Wildman–Crippen LogP) is 4.50. The number of carbonyl (C=O) groups is 1. The van der Waals surface area contributed by atoms with E-state index in [4.69, 9.17) is 4.74 Å². The van der Waals surface area contributed by atoms with Crippen LogP contribution in [0.2, 0.25) is 0 Å². The van der Waals surface area contributed by atoms with Crippen molar-refractivity contribution in [2.45, 2.75) is 84.3 Å². The van der Waals surface area contributed by atoms with E-state index in [9.17, 15) is 4.79 Å². The van der Waals surface area contributed by atoms with Gasteiger partial charge in [-0.05, 0) is 6.42 Å². The van der Waals surface area contributed by atoms with Gasteiger partial charge < -0.3 is 4.74 Å². The first kappa shape index (κ1) is 19.4. The van der Waals surface area contributed by atoms with E-state index in [1.165, 1.54) is 38.5 Å². The van der Waals surface area contributed by atoms with Gasteiger partial charge in [0, 0.05) is 12.8 Å². The van der Waals surface area contributed by atoms with E-state index in [1.54, 1.807) is 0 Å². The van der Waals surface area contributed by atoms with E-state index in [1.807, 2.05) is 0 Å². The topological polar surface area (TPSA) is 26.3 Å². The first-order chi connectivity index (χ1) is 9.41. The molecule has 0 amide bonds. The van der Waals surface area contributed by atoms with Gasteiger partial charge in [0.15, 0.2) is 0 Å². The second kappa shape index (κ2) is 11.1. The molecule has 3 nitrogen and oxygen atoms in total. The number of hydrogen-bond acceptors (Lipinski definition) is 2. The van der Waals surface area contributed by atoms with Crippen LogP contribution < -0.4 is 0 Å². The Morgan fingerprint density at radius 3 is 1.85 bits per heavy atom. The highest BCUT2D eigenvalue weighted by Crippen LogP contribution is 2.13. The van der Waals surface area contributed by atoms with Gasteiger partial charge in [0.05, 0.1) is 21.1 Å². The summed E-state index contributed by atoms with van der Waals surface area (Å²) in [5.41, 5.74) is 0. The highest BCUT2D eigenvalue weighted by molar-refractivity contribution is 5.69. The monoisotopic (exact) mass is 286 g/mol. The van der Waals surface area contributed by atoms with E-state index < -0.39 is 0 Å². The first-order valence-electron chi connectivity index (χ1n) is 8.42. The van der Waals surface area contributed by atoms with Gasteiger partial charge in [0.1, 0.15) is 0 Å². The maximum atomic E-state index is 11.8. The Balaban J connectivity index is 3.58. The second-order valence-corrected chi connectivity index (χ2v) is 6.69. The number of quaternary nitrogens is 1. The van der Waals surface area contributed by atoms with Gasteiger partial charge >= 0.3 is 5.97 Å². The molecule has 0 N–H and O–H groups in total. The van der Waals surface area contributed by atoms with Gasteiger partial charge in [-0.15, -0.1) is 0 Å². The normalized spacial score (nSPS) is 13.2. The molecule has 3 heteroatoms. The number of nitrogens with zero attached hydrogens (tertiary/aromatic N) is 1. The number of carbonyl (C=O) groups excluding carboxylic acids is 1. The SMILES string of the molecule is CCCCCCCCCCC(=O)OC(CC)[N+](C)(C)C. The Kier molecular flexibility index (Phi) is 10.8. The quantitative estimate of drug-likeness (QED) is 0.228. The smallest absolute Gasteiger partial charge is 0.310 e. The lowest BCUT2D eigenvalue weighted by molar-refractivity contribution is -0.917. The molecular weight excluding hydrogens is 250 g/mol. The number of ether oxygens (including phenoxy) is 1. The summed E-state index contributed by atoms with van der Waals surface area (Å²) < 4.78 is 6.24. The fourth-order valence-electron chi connectivity index (χ4n) is 2.40. The van der Waals surface area contributed by atoms with Crippen molar-refractivity contribution in [3.63, 3.8) is 0 Å². The molecule has 0 bridgehead atoms. The molecule has 0 aliphatic heterocycles. The lowest BCUT2D eigenvalue weighted by atomic mass is 10.1. The highest BCUT2D eigenvalue weighted by Gasteiger charge is 2.25. The first-order valence-corrected chi connectivity index (χ1v) is 8.42. The van der Waals surface area contributed by atoms with Gasteiger partial charge in [0.25, 0.3) is 0 Å². The summed E-state index contributed by atoms with van der Waals surface area (Å²) >= 11 is 0. The van der Waals surface area contributed by atoms with Crippen LogP contribution in [0.5, 0.6) is 0 Å². The van der Waals surface area contributed by atoms with Crippen molar-refractivity contribution in [3.8, 4) is 0 Å². The van der Waals surface area contributed by atoms with Crippen molar-refractivity contribution in [1.82, 2.24) is 0 Å². The average molecular weight is 286 g/mol. The summed E-state index contributed by atoms with van der Waals surface area (Å²) in [6.07, 6.45) is 11.5. The van der Waals surface area contributed by atoms with E-state index in [-0.39, 0.29) is 12.2 Å². The Labute approximate surface area is 126 Å². The van der Waals surface area contributed by atoms with Crippen LogP contribution in [0.15, 0.2) is 0 Å². The van der Waals surface area contributed by atoms with E-state index in [0.29, 0.717) is 10.9 Å². The largest absolute Gasteiger partial charge is 0.412 e. The summed E-state index contributed by atoms with van der Waals surface area (Å²) in [5.74, 6) is -0.0316. The maximum absolute atomic E-state index is 11.8. The minimum atomic E-state index is -0.0316. The zero-order valence-electron chi connectivity index (χ0n) is 14.4. The van der Waals surface area contributed by atoms with Crippen LogP contribution in [0.4, 0.5) is 0 Å². The molecule has 120 valence electrons. The van der Waals surface area contributed by atoms with E-state index >= 15 is 0 Å². The van der Waals surface area contributed by atoms with Gasteiger partial charge in [0.2, 0.25) is 6.23 Å². The third-order valence-electron chi connectivity index (χ3n) is 3.72. The van der Waals surface area contributed by atoms with Crippen LogP contribution >= 0.6 is 0 Å². The minimum absolute atomic E-state index is 0.0171. The van der Waals surface area contributed by atoms with Gasteiger partial charge in [-0.1, -0.05) is 58.8 Å². The third kappa shape index (κ3) is 10.2. The Hall–Kier alpha value is -0.570. The molecular formula is C17H36NO2+. The van der Waals surface area contributed by atoms with Gasteiger partial charge in [-0.3, -0.25) is 9.28 Å². The van der Waals surface area contributed by atoms with Crippen LogP contribution in [-0.4, -0.2) is 37.8 Å². The molecule has 0 aromatic carbocycles. The van der Waals surface area contributed by atoms with Crippen LogP contribution in [-0.2, 0) is 9.53 Å². The number of esters is 1. The molecule has 0 aliphatic carbocycles. The number of hydrogen-bond donors (Lipinski definition) is 0. The van der Waals surface area contributed by atoms with Crippen LogP contribution in [0, 0.1) is 0 Å². The third-order valence-corrected chi connectivity index (χ3v) is 3.72. The average Bonchev–Trinajstić information content (AvgIpc) is 2.37. The van der Waals surface area contributed by atoms with Crippen molar-refractivity contribution in [2.24, 2.45) is 0 Å². The fourth-order valence-corrected chi connectivity index (χ4v) is 2.40. The summed E-state index contributed by atoms with van der Waals surface area (Å²) in [6, 6.07) is 0. The molecule has 0 fully saturated rings. The molecule has 0 radical (unpaired) electrons. The molecule has 0 saturated heterocycles. The van der Waals surface area contributed by atoms with Crippen molar-refractivity contribution < 1.29 is 14.0 Å². The minimum Gasteiger partial charge on any atom is -0.412 e. The molecule has 20 heavy (non-hydrogen) atoms. The maximum Gasteiger partial charge on any atom is 0.310 e.